The van der Waals surface area contributed by atoms with Gasteiger partial charge in [-0.25, -0.2) is 15.0 Å². The number of amides is 2. The van der Waals surface area contributed by atoms with E-state index in [4.69, 9.17) is 0 Å². The number of carbonyl (C=O) groups excluding carboxylic acids is 2. The lowest BCUT2D eigenvalue weighted by atomic mass is 10.2. The van der Waals surface area contributed by atoms with Crippen molar-refractivity contribution in [3.63, 3.8) is 0 Å². The van der Waals surface area contributed by atoms with Crippen molar-refractivity contribution in [3.8, 4) is 0 Å². The van der Waals surface area contributed by atoms with E-state index in [2.05, 4.69) is 30.3 Å². The number of aromatic nitrogens is 5. The molecule has 11 nitrogen and oxygen atoms in total. The Morgan fingerprint density at radius 2 is 1.91 bits per heavy atom. The summed E-state index contributed by atoms with van der Waals surface area (Å²) in [5, 5.41) is 7.93. The summed E-state index contributed by atoms with van der Waals surface area (Å²) in [6.07, 6.45) is 3.32. The first-order valence-corrected chi connectivity index (χ1v) is 10.5. The van der Waals surface area contributed by atoms with Gasteiger partial charge >= 0.3 is 0 Å². The van der Waals surface area contributed by atoms with Crippen LogP contribution in [0.3, 0.4) is 0 Å². The molecule has 168 valence electrons. The summed E-state index contributed by atoms with van der Waals surface area (Å²) in [7, 11) is 3.61. The van der Waals surface area contributed by atoms with Gasteiger partial charge in [0.05, 0.1) is 24.7 Å². The minimum Gasteiger partial charge on any atom is -0.352 e. The molecule has 0 bridgehead atoms. The van der Waals surface area contributed by atoms with Gasteiger partial charge in [-0.1, -0.05) is 6.07 Å². The van der Waals surface area contributed by atoms with E-state index < -0.39 is 0 Å². The molecule has 0 radical (unpaired) electrons. The van der Waals surface area contributed by atoms with E-state index in [-0.39, 0.29) is 24.9 Å². The van der Waals surface area contributed by atoms with Gasteiger partial charge in [0, 0.05) is 38.9 Å². The van der Waals surface area contributed by atoms with Crippen molar-refractivity contribution in [2.24, 2.45) is 7.05 Å². The summed E-state index contributed by atoms with van der Waals surface area (Å²) >= 11 is 0. The number of hydrogen-bond acceptors (Lipinski definition) is 8. The first-order valence-electron chi connectivity index (χ1n) is 10.5. The molecule has 1 aliphatic rings. The Labute approximate surface area is 186 Å². The maximum atomic E-state index is 12.7. The lowest BCUT2D eigenvalue weighted by Gasteiger charge is -2.36. The molecule has 1 aliphatic heterocycles. The third-order valence-corrected chi connectivity index (χ3v) is 5.41. The Hall–Kier alpha value is -3.60. The summed E-state index contributed by atoms with van der Waals surface area (Å²) in [5.41, 5.74) is 1.62. The van der Waals surface area contributed by atoms with E-state index in [0.717, 1.165) is 22.5 Å². The van der Waals surface area contributed by atoms with Gasteiger partial charge in [-0.15, -0.1) is 0 Å². The fourth-order valence-corrected chi connectivity index (χ4v) is 3.80. The van der Waals surface area contributed by atoms with Crippen molar-refractivity contribution in [1.29, 1.82) is 0 Å². The number of rotatable bonds is 6. The topological polar surface area (TPSA) is 112 Å². The van der Waals surface area contributed by atoms with Gasteiger partial charge in [0.1, 0.15) is 18.0 Å². The fourth-order valence-electron chi connectivity index (χ4n) is 3.80. The Bertz CT molecular complexity index is 1120. The number of pyridine rings is 1. The molecule has 32 heavy (non-hydrogen) atoms. The van der Waals surface area contributed by atoms with Crippen LogP contribution in [0.5, 0.6) is 0 Å². The highest BCUT2D eigenvalue weighted by Crippen LogP contribution is 2.23. The van der Waals surface area contributed by atoms with Gasteiger partial charge in [-0.2, -0.15) is 5.10 Å². The van der Waals surface area contributed by atoms with E-state index >= 15 is 0 Å². The number of hydrogen-bond donors (Lipinski definition) is 1. The van der Waals surface area contributed by atoms with Crippen LogP contribution in [0.2, 0.25) is 0 Å². The van der Waals surface area contributed by atoms with Crippen LogP contribution in [0.4, 0.5) is 11.6 Å². The van der Waals surface area contributed by atoms with Crippen molar-refractivity contribution < 1.29 is 9.59 Å². The minimum absolute atomic E-state index is 0.00263. The number of anilines is 2. The van der Waals surface area contributed by atoms with E-state index in [0.29, 0.717) is 32.0 Å². The van der Waals surface area contributed by atoms with Gasteiger partial charge < -0.3 is 15.1 Å². The van der Waals surface area contributed by atoms with Crippen molar-refractivity contribution in [3.05, 3.63) is 36.4 Å². The van der Waals surface area contributed by atoms with Crippen LogP contribution in [0, 0.1) is 6.92 Å². The monoisotopic (exact) mass is 437 g/mol. The predicted octanol–water partition coefficient (Wildman–Crippen LogP) is 0.286. The molecule has 0 atom stereocenters. The molecule has 1 saturated heterocycles. The number of nitrogens with one attached hydrogen (secondary N) is 1. The molecule has 0 unspecified atom stereocenters. The summed E-state index contributed by atoms with van der Waals surface area (Å²) in [4.78, 5) is 43.7. The van der Waals surface area contributed by atoms with Crippen molar-refractivity contribution in [2.45, 2.75) is 6.92 Å². The van der Waals surface area contributed by atoms with Crippen LogP contribution in [-0.4, -0.2) is 92.7 Å². The van der Waals surface area contributed by atoms with Gasteiger partial charge in [-0.3, -0.25) is 19.2 Å². The molecule has 1 fully saturated rings. The van der Waals surface area contributed by atoms with Crippen LogP contribution in [0.15, 0.2) is 30.7 Å². The van der Waals surface area contributed by atoms with Crippen LogP contribution >= 0.6 is 0 Å². The molecule has 11 heteroatoms. The van der Waals surface area contributed by atoms with Gasteiger partial charge in [0.2, 0.25) is 11.8 Å². The van der Waals surface area contributed by atoms with E-state index in [1.54, 1.807) is 35.2 Å². The van der Waals surface area contributed by atoms with Crippen LogP contribution in [-0.2, 0) is 16.6 Å². The van der Waals surface area contributed by atoms with Crippen molar-refractivity contribution in [1.82, 2.24) is 34.5 Å². The number of likely N-dealkylation sites (N-methyl/N-ethyl adjacent to an activating group) is 1. The quantitative estimate of drug-likeness (QED) is 0.585. The van der Waals surface area contributed by atoms with Crippen LogP contribution in [0.1, 0.15) is 5.69 Å². The molecular weight excluding hydrogens is 410 g/mol. The van der Waals surface area contributed by atoms with Gasteiger partial charge in [0.15, 0.2) is 5.65 Å². The molecule has 3 aromatic rings. The number of fused-ring (bicyclic) bond motifs is 1. The molecule has 0 spiro atoms. The molecule has 1 N–H and O–H groups in total. The molecular formula is C21H27N9O2. The first kappa shape index (κ1) is 21.6. The molecule has 0 aromatic carbocycles. The molecule has 4 heterocycles. The molecule has 0 saturated carbocycles. The fraction of sp³-hybridized carbons (Fsp3) is 0.429. The maximum Gasteiger partial charge on any atom is 0.239 e. The summed E-state index contributed by atoms with van der Waals surface area (Å²) in [6, 6.07) is 5.45. The van der Waals surface area contributed by atoms with E-state index in [1.165, 1.54) is 0 Å². The summed E-state index contributed by atoms with van der Waals surface area (Å²) < 4.78 is 1.72. The van der Waals surface area contributed by atoms with Crippen molar-refractivity contribution in [2.75, 3.05) is 56.5 Å². The Morgan fingerprint density at radius 3 is 2.66 bits per heavy atom. The lowest BCUT2D eigenvalue weighted by molar-refractivity contribution is -0.132. The second-order valence-electron chi connectivity index (χ2n) is 7.96. The smallest absolute Gasteiger partial charge is 0.239 e. The Balaban J connectivity index is 1.27. The summed E-state index contributed by atoms with van der Waals surface area (Å²) in [5.74, 6) is 1.15. The molecule has 4 rings (SSSR count). The van der Waals surface area contributed by atoms with Gasteiger partial charge in [-0.05, 0) is 26.1 Å². The van der Waals surface area contributed by atoms with Crippen LogP contribution < -0.4 is 10.2 Å². The zero-order valence-corrected chi connectivity index (χ0v) is 18.5. The number of aryl methyl sites for hydroxylation is 2. The lowest BCUT2D eigenvalue weighted by Crippen LogP contribution is -2.51. The zero-order valence-electron chi connectivity index (χ0n) is 18.5. The third-order valence-electron chi connectivity index (χ3n) is 5.41. The largest absolute Gasteiger partial charge is 0.352 e. The normalized spacial score (nSPS) is 14.2. The zero-order chi connectivity index (χ0) is 22.7. The number of nitrogens with zero attached hydrogens (tertiary/aromatic N) is 8. The molecule has 3 aromatic heterocycles. The maximum absolute atomic E-state index is 12.7. The first-order chi connectivity index (χ1) is 15.4. The van der Waals surface area contributed by atoms with Crippen LogP contribution in [0.25, 0.3) is 11.0 Å². The highest BCUT2D eigenvalue weighted by atomic mass is 16.2. The highest BCUT2D eigenvalue weighted by molar-refractivity contribution is 5.91. The minimum atomic E-state index is -0.201. The second kappa shape index (κ2) is 9.27. The van der Waals surface area contributed by atoms with E-state index in [9.17, 15) is 9.59 Å². The Kier molecular flexibility index (Phi) is 6.26. The van der Waals surface area contributed by atoms with E-state index in [1.807, 2.05) is 31.0 Å². The highest BCUT2D eigenvalue weighted by Gasteiger charge is 2.24. The van der Waals surface area contributed by atoms with Crippen molar-refractivity contribution >= 4 is 34.5 Å². The summed E-state index contributed by atoms with van der Waals surface area (Å²) in [6.45, 7) is 4.70. The predicted molar refractivity (Wildman–Crippen MR) is 120 cm³/mol. The third kappa shape index (κ3) is 4.83. The molecule has 0 aliphatic carbocycles. The number of carbonyl (C=O) groups is 2. The SMILES string of the molecule is Cc1cccc(NC(=O)CN(C)CC(=O)N2CCN(c3ncnc4c3cnn4C)CC2)n1. The number of piperazine rings is 1. The molecule has 2 amide bonds. The van der Waals surface area contributed by atoms with Gasteiger partial charge in [0.25, 0.3) is 0 Å². The average Bonchev–Trinajstić information content (AvgIpc) is 3.14. The average molecular weight is 438 g/mol. The second-order valence-corrected chi connectivity index (χ2v) is 7.96. The Morgan fingerprint density at radius 1 is 1.12 bits per heavy atom. The standard InChI is InChI=1S/C21H27N9O2/c1-15-5-4-6-17(25-15)26-18(31)12-27(2)13-19(32)29-7-9-30(10-8-29)21-16-11-24-28(3)20(16)22-14-23-21/h4-6,11,14H,7-10,12-13H2,1-3H3,(H,25,26,31).